The van der Waals surface area contributed by atoms with E-state index in [1.54, 1.807) is 19.2 Å². The van der Waals surface area contributed by atoms with Crippen molar-refractivity contribution in [2.75, 3.05) is 13.7 Å². The second-order valence-electron chi connectivity index (χ2n) is 9.91. The Morgan fingerprint density at radius 1 is 1.24 bits per heavy atom. The fourth-order valence-electron chi connectivity index (χ4n) is 5.75. The van der Waals surface area contributed by atoms with Crippen molar-refractivity contribution in [2.24, 2.45) is 24.6 Å². The molecule has 6 rings (SSSR count). The molecule has 8 nitrogen and oxygen atoms in total. The molecule has 0 unspecified atom stereocenters. The fraction of sp³-hybridized carbons (Fsp3) is 0.480. The molecule has 9 heteroatoms. The molecule has 2 aliphatic carbocycles. The summed E-state index contributed by atoms with van der Waals surface area (Å²) in [6.07, 6.45) is 4.34. The minimum Gasteiger partial charge on any atom is -0.494 e. The molecular weight excluding hydrogens is 498 g/mol. The van der Waals surface area contributed by atoms with Gasteiger partial charge in [0.05, 0.1) is 22.8 Å². The van der Waals surface area contributed by atoms with Crippen molar-refractivity contribution in [3.05, 3.63) is 44.7 Å². The molecule has 1 aromatic carbocycles. The number of aryl methyl sites for hydroxylation is 1. The van der Waals surface area contributed by atoms with Gasteiger partial charge in [0.25, 0.3) is 11.5 Å². The van der Waals surface area contributed by atoms with Crippen molar-refractivity contribution in [2.45, 2.75) is 44.3 Å². The third-order valence-electron chi connectivity index (χ3n) is 7.81. The fourth-order valence-corrected chi connectivity index (χ4v) is 6.10. The highest BCUT2D eigenvalue weighted by atomic mass is 79.9. The quantitative estimate of drug-likeness (QED) is 0.551. The van der Waals surface area contributed by atoms with Gasteiger partial charge in [-0.1, -0.05) is 0 Å². The number of halogens is 1. The summed E-state index contributed by atoms with van der Waals surface area (Å²) < 4.78 is 10.0. The average molecular weight is 526 g/mol. The zero-order valence-corrected chi connectivity index (χ0v) is 20.9. The van der Waals surface area contributed by atoms with E-state index in [1.807, 2.05) is 33.2 Å². The zero-order valence-electron chi connectivity index (χ0n) is 19.3. The van der Waals surface area contributed by atoms with E-state index in [2.05, 4.69) is 15.9 Å². The zero-order chi connectivity index (χ0) is 23.7. The van der Waals surface area contributed by atoms with Crippen molar-refractivity contribution < 1.29 is 9.53 Å². The number of benzene rings is 1. The number of ether oxygens (including phenoxy) is 1. The number of imidazole rings is 1. The van der Waals surface area contributed by atoms with Crippen LogP contribution in [0.2, 0.25) is 0 Å². The lowest BCUT2D eigenvalue weighted by molar-refractivity contribution is 0.0700. The molecule has 1 saturated heterocycles. The molecule has 0 radical (unpaired) electrons. The van der Waals surface area contributed by atoms with Gasteiger partial charge in [0.15, 0.2) is 5.82 Å². The Labute approximate surface area is 205 Å². The number of amides is 1. The molecular formula is C25H28BrN5O3. The van der Waals surface area contributed by atoms with Gasteiger partial charge >= 0.3 is 0 Å². The van der Waals surface area contributed by atoms with Gasteiger partial charge in [-0.05, 0) is 77.7 Å². The van der Waals surface area contributed by atoms with Gasteiger partial charge in [-0.15, -0.1) is 0 Å². The summed E-state index contributed by atoms with van der Waals surface area (Å²) in [4.78, 5) is 33.2. The Morgan fingerprint density at radius 2 is 2.03 bits per heavy atom. The van der Waals surface area contributed by atoms with Crippen LogP contribution in [0.1, 0.15) is 36.0 Å². The van der Waals surface area contributed by atoms with E-state index in [9.17, 15) is 9.59 Å². The highest BCUT2D eigenvalue weighted by Gasteiger charge is 2.47. The number of piperidine rings is 1. The summed E-state index contributed by atoms with van der Waals surface area (Å²) >= 11 is 3.38. The van der Waals surface area contributed by atoms with Gasteiger partial charge in [0, 0.05) is 37.8 Å². The number of hydrogen-bond donors (Lipinski definition) is 1. The Kier molecular flexibility index (Phi) is 5.11. The second kappa shape index (κ2) is 7.95. The van der Waals surface area contributed by atoms with Gasteiger partial charge in [-0.25, -0.2) is 4.98 Å². The maximum absolute atomic E-state index is 13.4. The van der Waals surface area contributed by atoms with Crippen molar-refractivity contribution in [3.63, 3.8) is 0 Å². The van der Waals surface area contributed by atoms with Gasteiger partial charge in [0.1, 0.15) is 11.3 Å². The lowest BCUT2D eigenvalue weighted by Gasteiger charge is -2.27. The standard InChI is InChI=1S/C25H28BrN5O3/c1-29-22-17(28-23(29)19-8-6-16(26)25(33)30(19)11-13-3-4-13)9-15(10-20(22)34-2)24(32)31-12-14-5-7-18(31)21(14)27/h6,8-10,13-14,18,21H,3-5,7,11-12,27H2,1-2H3/t14-,18-,21-/m1/s1. The highest BCUT2D eigenvalue weighted by Crippen LogP contribution is 2.39. The second-order valence-corrected chi connectivity index (χ2v) is 10.8. The third-order valence-corrected chi connectivity index (χ3v) is 8.41. The Balaban J connectivity index is 1.45. The molecule has 1 aliphatic heterocycles. The van der Waals surface area contributed by atoms with Crippen molar-refractivity contribution in [3.8, 4) is 17.3 Å². The van der Waals surface area contributed by atoms with E-state index in [0.717, 1.165) is 36.9 Å². The van der Waals surface area contributed by atoms with Gasteiger partial charge < -0.3 is 24.5 Å². The monoisotopic (exact) mass is 525 g/mol. The Bertz CT molecular complexity index is 1380. The van der Waals surface area contributed by atoms with Crippen LogP contribution in [-0.2, 0) is 13.6 Å². The Hall–Kier alpha value is -2.65. The summed E-state index contributed by atoms with van der Waals surface area (Å²) in [5.41, 5.74) is 9.06. The summed E-state index contributed by atoms with van der Waals surface area (Å²) in [6, 6.07) is 7.51. The van der Waals surface area contributed by atoms with Crippen molar-refractivity contribution >= 4 is 32.9 Å². The molecule has 3 atom stereocenters. The van der Waals surface area contributed by atoms with Crippen LogP contribution in [-0.4, -0.2) is 50.7 Å². The topological polar surface area (TPSA) is 95.4 Å². The summed E-state index contributed by atoms with van der Waals surface area (Å²) in [7, 11) is 3.52. The molecule has 2 bridgehead atoms. The van der Waals surface area contributed by atoms with Crippen LogP contribution >= 0.6 is 15.9 Å². The van der Waals surface area contributed by atoms with Crippen LogP contribution in [0.25, 0.3) is 22.6 Å². The first-order chi connectivity index (χ1) is 16.4. The number of aromatic nitrogens is 3. The van der Waals surface area contributed by atoms with E-state index in [1.165, 1.54) is 0 Å². The SMILES string of the molecule is COc1cc(C(=O)N2C[C@H]3CC[C@@H]2[C@@H]3N)cc2nc(-c3ccc(Br)c(=O)n3CC3CC3)n(C)c12. The molecule has 178 valence electrons. The first-order valence-electron chi connectivity index (χ1n) is 11.9. The van der Waals surface area contributed by atoms with Crippen LogP contribution < -0.4 is 16.0 Å². The maximum Gasteiger partial charge on any atom is 0.265 e. The molecule has 2 aromatic heterocycles. The van der Waals surface area contributed by atoms with Gasteiger partial charge in [0.2, 0.25) is 0 Å². The van der Waals surface area contributed by atoms with E-state index in [4.69, 9.17) is 15.5 Å². The van der Waals surface area contributed by atoms with Crippen LogP contribution in [0.3, 0.4) is 0 Å². The van der Waals surface area contributed by atoms with E-state index in [-0.39, 0.29) is 23.6 Å². The predicted molar refractivity (Wildman–Crippen MR) is 133 cm³/mol. The molecule has 2 N–H and O–H groups in total. The van der Waals surface area contributed by atoms with E-state index in [0.29, 0.717) is 52.1 Å². The maximum atomic E-state index is 13.4. The number of carbonyl (C=O) groups excluding carboxylic acids is 1. The molecule has 1 amide bonds. The third kappa shape index (κ3) is 3.32. The summed E-state index contributed by atoms with van der Waals surface area (Å²) in [5, 5.41) is 0. The molecule has 34 heavy (non-hydrogen) atoms. The number of hydrogen-bond acceptors (Lipinski definition) is 5. The number of methoxy groups -OCH3 is 1. The van der Waals surface area contributed by atoms with Gasteiger partial charge in [-0.2, -0.15) is 0 Å². The number of pyridine rings is 1. The number of nitrogens with two attached hydrogens (primary N) is 1. The minimum atomic E-state index is -0.0558. The number of likely N-dealkylation sites (tertiary alicyclic amines) is 1. The smallest absolute Gasteiger partial charge is 0.265 e. The molecule has 3 aliphatic rings. The number of carbonyl (C=O) groups is 1. The van der Waals surface area contributed by atoms with Crippen LogP contribution in [0.4, 0.5) is 0 Å². The lowest BCUT2D eigenvalue weighted by Crippen LogP contribution is -2.41. The van der Waals surface area contributed by atoms with Crippen LogP contribution in [0.5, 0.6) is 5.75 Å². The number of rotatable bonds is 5. The first kappa shape index (κ1) is 21.9. The van der Waals surface area contributed by atoms with E-state index < -0.39 is 0 Å². The molecule has 3 heterocycles. The summed E-state index contributed by atoms with van der Waals surface area (Å²) in [6.45, 7) is 1.39. The van der Waals surface area contributed by atoms with Crippen LogP contribution in [0.15, 0.2) is 33.5 Å². The number of fused-ring (bicyclic) bond motifs is 3. The molecule has 0 spiro atoms. The molecule has 3 fully saturated rings. The number of nitrogens with zero attached hydrogens (tertiary/aromatic N) is 4. The molecule has 3 aromatic rings. The molecule has 2 saturated carbocycles. The highest BCUT2D eigenvalue weighted by molar-refractivity contribution is 9.10. The minimum absolute atomic E-state index is 0.0238. The normalized spacial score (nSPS) is 23.8. The largest absolute Gasteiger partial charge is 0.494 e. The predicted octanol–water partition coefficient (Wildman–Crippen LogP) is 3.14. The Morgan fingerprint density at radius 3 is 2.68 bits per heavy atom. The van der Waals surface area contributed by atoms with Crippen molar-refractivity contribution in [1.29, 1.82) is 0 Å². The first-order valence-corrected chi connectivity index (χ1v) is 12.7. The average Bonchev–Trinajstić information content (AvgIpc) is 3.42. The van der Waals surface area contributed by atoms with Gasteiger partial charge in [-0.3, -0.25) is 9.59 Å². The summed E-state index contributed by atoms with van der Waals surface area (Å²) in [5.74, 6) is 2.15. The van der Waals surface area contributed by atoms with E-state index >= 15 is 0 Å². The lowest BCUT2D eigenvalue weighted by atomic mass is 10.1. The van der Waals surface area contributed by atoms with Crippen molar-refractivity contribution in [1.82, 2.24) is 19.0 Å². The van der Waals surface area contributed by atoms with Crippen LogP contribution in [0, 0.1) is 11.8 Å².